The molecule has 182 valence electrons. The molecule has 3 aromatic rings. The van der Waals surface area contributed by atoms with E-state index >= 15 is 0 Å². The van der Waals surface area contributed by atoms with Gasteiger partial charge in [0.2, 0.25) is 0 Å². The lowest BCUT2D eigenvalue weighted by molar-refractivity contribution is 0.0320. The number of carbonyl (C=O) groups excluding carboxylic acids is 1. The van der Waals surface area contributed by atoms with Crippen molar-refractivity contribution in [3.05, 3.63) is 48.0 Å². The molecule has 8 heteroatoms. The molecule has 1 saturated carbocycles. The van der Waals surface area contributed by atoms with Crippen molar-refractivity contribution in [2.75, 3.05) is 25.3 Å². The molecule has 2 heterocycles. The molecule has 1 aliphatic carbocycles. The Labute approximate surface area is 204 Å². The average Bonchev–Trinajstić information content (AvgIpc) is 3.43. The number of amides is 2. The Balaban J connectivity index is 1.49. The third-order valence-electron chi connectivity index (χ3n) is 6.49. The maximum atomic E-state index is 12.1. The zero-order chi connectivity index (χ0) is 24.4. The van der Waals surface area contributed by atoms with E-state index in [1.165, 1.54) is 6.42 Å². The van der Waals surface area contributed by atoms with Crippen LogP contribution < -0.4 is 15.4 Å². The number of rotatable bonds is 7. The molecule has 0 bridgehead atoms. The minimum absolute atomic E-state index is 0.0542. The molecule has 1 atom stereocenters. The van der Waals surface area contributed by atoms with Crippen LogP contribution in [0.15, 0.2) is 42.5 Å². The van der Waals surface area contributed by atoms with Crippen LogP contribution in [0.3, 0.4) is 0 Å². The summed E-state index contributed by atoms with van der Waals surface area (Å²) in [5.41, 5.74) is 4.21. The van der Waals surface area contributed by atoms with Gasteiger partial charge in [0.15, 0.2) is 0 Å². The molecule has 0 radical (unpaired) electrons. The minimum Gasteiger partial charge on any atom is -0.491 e. The summed E-state index contributed by atoms with van der Waals surface area (Å²) in [6.45, 7) is 5.10. The second kappa shape index (κ2) is 9.98. The topological polar surface area (TPSA) is 97.5 Å². The molecule has 1 aliphatic heterocycles. The van der Waals surface area contributed by atoms with E-state index in [9.17, 15) is 10.1 Å². The van der Waals surface area contributed by atoms with Crippen LogP contribution in [0.4, 0.5) is 10.5 Å². The fourth-order valence-electron chi connectivity index (χ4n) is 4.60. The van der Waals surface area contributed by atoms with Gasteiger partial charge in [-0.3, -0.25) is 0 Å². The van der Waals surface area contributed by atoms with Gasteiger partial charge < -0.3 is 29.4 Å². The van der Waals surface area contributed by atoms with E-state index in [2.05, 4.69) is 21.3 Å². The fraction of sp³-hybridized carbons (Fsp3) is 0.407. The Hall–Kier alpha value is -3.54. The third kappa shape index (κ3) is 4.83. The number of nitrogens with one attached hydrogen (secondary N) is 2. The molecule has 0 spiro atoms. The summed E-state index contributed by atoms with van der Waals surface area (Å²) in [5, 5.41) is 16.7. The molecule has 2 aliphatic rings. The lowest BCUT2D eigenvalue weighted by atomic mass is 9.92. The van der Waals surface area contributed by atoms with Crippen LogP contribution in [0.25, 0.3) is 22.2 Å². The van der Waals surface area contributed by atoms with E-state index in [1.54, 1.807) is 0 Å². The van der Waals surface area contributed by atoms with Gasteiger partial charge in [-0.15, -0.1) is 0 Å². The number of nitriles is 1. The standard InChI is InChI=1S/C27H30N4O4/c1-17(2)29-27(32)30-19-8-6-18(7-9-19)26-24(13-28)23-11-10-21(34-15-22-14-33-16-35-22)12-25(23)31(26)20-4-3-5-20/h6-12,17,20,22H,3-5,14-16H2,1-2H3,(H2,29,30,32). The number of ether oxygens (including phenoxy) is 3. The number of benzene rings is 2. The molecule has 1 aromatic heterocycles. The van der Waals surface area contributed by atoms with Crippen molar-refractivity contribution in [1.29, 1.82) is 5.26 Å². The number of aromatic nitrogens is 1. The van der Waals surface area contributed by atoms with Crippen LogP contribution in [0.2, 0.25) is 0 Å². The zero-order valence-electron chi connectivity index (χ0n) is 20.0. The number of carbonyl (C=O) groups is 1. The van der Waals surface area contributed by atoms with E-state index in [0.717, 1.165) is 40.8 Å². The second-order valence-electron chi connectivity index (χ2n) is 9.39. The summed E-state index contributed by atoms with van der Waals surface area (Å²) in [6.07, 6.45) is 3.27. The van der Waals surface area contributed by atoms with Crippen LogP contribution in [0.1, 0.15) is 44.7 Å². The molecule has 1 saturated heterocycles. The largest absolute Gasteiger partial charge is 0.491 e. The third-order valence-corrected chi connectivity index (χ3v) is 6.49. The van der Waals surface area contributed by atoms with Gasteiger partial charge in [0.05, 0.1) is 23.4 Å². The predicted molar refractivity (Wildman–Crippen MR) is 133 cm³/mol. The summed E-state index contributed by atoms with van der Waals surface area (Å²) in [7, 11) is 0. The maximum Gasteiger partial charge on any atom is 0.319 e. The highest BCUT2D eigenvalue weighted by molar-refractivity contribution is 5.96. The van der Waals surface area contributed by atoms with Gasteiger partial charge in [-0.05, 0) is 62.9 Å². The molecule has 8 nitrogen and oxygen atoms in total. The van der Waals surface area contributed by atoms with Gasteiger partial charge in [0, 0.05) is 29.2 Å². The number of hydrogen-bond donors (Lipinski definition) is 2. The Kier molecular flexibility index (Phi) is 6.62. The monoisotopic (exact) mass is 474 g/mol. The highest BCUT2D eigenvalue weighted by Gasteiger charge is 2.28. The van der Waals surface area contributed by atoms with Crippen molar-refractivity contribution in [2.45, 2.75) is 51.3 Å². The number of urea groups is 1. The highest BCUT2D eigenvalue weighted by Crippen LogP contribution is 2.43. The Morgan fingerprint density at radius 1 is 1.23 bits per heavy atom. The first-order valence-corrected chi connectivity index (χ1v) is 12.1. The Morgan fingerprint density at radius 3 is 2.66 bits per heavy atom. The van der Waals surface area contributed by atoms with Crippen molar-refractivity contribution in [1.82, 2.24) is 9.88 Å². The molecule has 35 heavy (non-hydrogen) atoms. The van der Waals surface area contributed by atoms with Gasteiger partial charge in [-0.25, -0.2) is 4.79 Å². The van der Waals surface area contributed by atoms with Crippen molar-refractivity contribution in [3.63, 3.8) is 0 Å². The number of nitrogens with zero attached hydrogens (tertiary/aromatic N) is 2. The predicted octanol–water partition coefficient (Wildman–Crippen LogP) is 5.19. The van der Waals surface area contributed by atoms with Crippen molar-refractivity contribution >= 4 is 22.6 Å². The van der Waals surface area contributed by atoms with Gasteiger partial charge >= 0.3 is 6.03 Å². The first-order chi connectivity index (χ1) is 17.0. The van der Waals surface area contributed by atoms with E-state index in [-0.39, 0.29) is 18.2 Å². The smallest absolute Gasteiger partial charge is 0.319 e. The van der Waals surface area contributed by atoms with Crippen LogP contribution in [0.5, 0.6) is 5.75 Å². The van der Waals surface area contributed by atoms with Gasteiger partial charge in [-0.1, -0.05) is 12.1 Å². The van der Waals surface area contributed by atoms with Crippen LogP contribution in [-0.4, -0.2) is 42.8 Å². The maximum absolute atomic E-state index is 12.1. The SMILES string of the molecule is CC(C)NC(=O)Nc1ccc(-c2c(C#N)c3ccc(OCC4COCO4)cc3n2C2CCC2)cc1. The highest BCUT2D eigenvalue weighted by atomic mass is 16.7. The Morgan fingerprint density at radius 2 is 2.03 bits per heavy atom. The van der Waals surface area contributed by atoms with E-state index in [0.29, 0.717) is 37.3 Å². The molecular formula is C27H30N4O4. The summed E-state index contributed by atoms with van der Waals surface area (Å²) in [5.74, 6) is 0.748. The Bertz CT molecular complexity index is 1250. The molecule has 2 amide bonds. The van der Waals surface area contributed by atoms with Gasteiger partial charge in [0.1, 0.15) is 31.3 Å². The number of hydrogen-bond acceptors (Lipinski definition) is 5. The molecular weight excluding hydrogens is 444 g/mol. The number of fused-ring (bicyclic) bond motifs is 1. The van der Waals surface area contributed by atoms with Crippen LogP contribution in [-0.2, 0) is 9.47 Å². The summed E-state index contributed by atoms with van der Waals surface area (Å²) >= 11 is 0. The normalized spacial score (nSPS) is 17.8. The number of anilines is 1. The minimum atomic E-state index is -0.240. The molecule has 2 N–H and O–H groups in total. The van der Waals surface area contributed by atoms with Crippen molar-refractivity contribution in [3.8, 4) is 23.1 Å². The molecule has 2 fully saturated rings. The first kappa shape index (κ1) is 23.2. The van der Waals surface area contributed by atoms with E-state index < -0.39 is 0 Å². The van der Waals surface area contributed by atoms with Crippen LogP contribution >= 0.6 is 0 Å². The summed E-state index contributed by atoms with van der Waals surface area (Å²) < 4.78 is 19.0. The van der Waals surface area contributed by atoms with E-state index in [4.69, 9.17) is 14.2 Å². The lowest BCUT2D eigenvalue weighted by Crippen LogP contribution is -2.34. The molecule has 1 unspecified atom stereocenters. The van der Waals surface area contributed by atoms with Gasteiger partial charge in [-0.2, -0.15) is 5.26 Å². The summed E-state index contributed by atoms with van der Waals surface area (Å²) in [6, 6.07) is 16.2. The summed E-state index contributed by atoms with van der Waals surface area (Å²) in [4.78, 5) is 12.1. The van der Waals surface area contributed by atoms with Gasteiger partial charge in [0.25, 0.3) is 0 Å². The molecule has 2 aromatic carbocycles. The van der Waals surface area contributed by atoms with E-state index in [1.807, 2.05) is 56.3 Å². The fourth-order valence-corrected chi connectivity index (χ4v) is 4.60. The average molecular weight is 475 g/mol. The first-order valence-electron chi connectivity index (χ1n) is 12.1. The van der Waals surface area contributed by atoms with Crippen molar-refractivity contribution in [2.24, 2.45) is 0 Å². The second-order valence-corrected chi connectivity index (χ2v) is 9.39. The van der Waals surface area contributed by atoms with Crippen LogP contribution in [0, 0.1) is 11.3 Å². The lowest BCUT2D eigenvalue weighted by Gasteiger charge is -2.30. The quantitative estimate of drug-likeness (QED) is 0.491. The van der Waals surface area contributed by atoms with Crippen molar-refractivity contribution < 1.29 is 19.0 Å². The molecule has 5 rings (SSSR count). The zero-order valence-corrected chi connectivity index (χ0v) is 20.0.